The summed E-state index contributed by atoms with van der Waals surface area (Å²) in [6.45, 7) is 0. The molecular formula is C20H18BrF2NO2. The lowest BCUT2D eigenvalue weighted by Crippen LogP contribution is -2.30. The third kappa shape index (κ3) is 2.67. The molecule has 1 N–H and O–H groups in total. The maximum Gasteiger partial charge on any atom is 0.174 e. The summed E-state index contributed by atoms with van der Waals surface area (Å²) in [6.07, 6.45) is 4.97. The summed E-state index contributed by atoms with van der Waals surface area (Å²) in [6, 6.07) is 6.09. The van der Waals surface area contributed by atoms with Crippen LogP contribution in [0.25, 0.3) is 0 Å². The first-order chi connectivity index (χ1) is 12.5. The van der Waals surface area contributed by atoms with Gasteiger partial charge in [-0.1, -0.05) is 12.2 Å². The van der Waals surface area contributed by atoms with Gasteiger partial charge >= 0.3 is 0 Å². The largest absolute Gasteiger partial charge is 0.493 e. The molecule has 6 heteroatoms. The monoisotopic (exact) mass is 421 g/mol. The Morgan fingerprint density at radius 2 is 1.92 bits per heavy atom. The molecule has 0 fully saturated rings. The van der Waals surface area contributed by atoms with E-state index < -0.39 is 11.6 Å². The lowest BCUT2D eigenvalue weighted by Gasteiger charge is -2.38. The maximum absolute atomic E-state index is 14.4. The van der Waals surface area contributed by atoms with Gasteiger partial charge in [0.05, 0.1) is 30.4 Å². The smallest absolute Gasteiger partial charge is 0.174 e. The van der Waals surface area contributed by atoms with E-state index in [0.717, 1.165) is 22.5 Å². The van der Waals surface area contributed by atoms with Gasteiger partial charge < -0.3 is 14.8 Å². The highest BCUT2D eigenvalue weighted by Crippen LogP contribution is 2.52. The van der Waals surface area contributed by atoms with E-state index in [9.17, 15) is 8.78 Å². The van der Waals surface area contributed by atoms with Crippen molar-refractivity contribution in [3.8, 4) is 11.5 Å². The van der Waals surface area contributed by atoms with Crippen LogP contribution < -0.4 is 14.8 Å². The molecule has 0 radical (unpaired) electrons. The predicted octanol–water partition coefficient (Wildman–Crippen LogP) is 5.57. The van der Waals surface area contributed by atoms with Gasteiger partial charge in [-0.2, -0.15) is 0 Å². The van der Waals surface area contributed by atoms with Gasteiger partial charge in [-0.15, -0.1) is 0 Å². The van der Waals surface area contributed by atoms with Crippen molar-refractivity contribution in [1.82, 2.24) is 0 Å². The van der Waals surface area contributed by atoms with Crippen LogP contribution in [0, 0.1) is 17.6 Å². The molecule has 4 rings (SSSR count). The standard InChI is InChI=1S/C20H18BrF2NO2/c1-25-17-7-10(6-15(21)20(17)26-2)18-13-5-3-4-12(13)14-8-11(22)9-16(23)19(14)24-18/h3-4,6-9,12-13,18,24H,5H2,1-2H3/t12?,13?,18-/m0/s1. The first kappa shape index (κ1) is 17.3. The van der Waals surface area contributed by atoms with Gasteiger partial charge in [0.15, 0.2) is 11.5 Å². The summed E-state index contributed by atoms with van der Waals surface area (Å²) in [5.74, 6) is 0.257. The van der Waals surface area contributed by atoms with Crippen LogP contribution in [0.2, 0.25) is 0 Å². The zero-order chi connectivity index (χ0) is 18.4. The Hall–Kier alpha value is -2.08. The Balaban J connectivity index is 1.82. The van der Waals surface area contributed by atoms with E-state index in [1.165, 1.54) is 6.07 Å². The number of anilines is 1. The number of nitrogens with one attached hydrogen (secondary N) is 1. The van der Waals surface area contributed by atoms with Gasteiger partial charge in [0.2, 0.25) is 0 Å². The van der Waals surface area contributed by atoms with E-state index in [0.29, 0.717) is 22.7 Å². The van der Waals surface area contributed by atoms with Crippen LogP contribution in [0.15, 0.2) is 40.9 Å². The van der Waals surface area contributed by atoms with Crippen LogP contribution in [0.3, 0.4) is 0 Å². The lowest BCUT2D eigenvalue weighted by molar-refractivity contribution is 0.350. The molecular weight excluding hydrogens is 404 g/mol. The van der Waals surface area contributed by atoms with Crippen molar-refractivity contribution in [2.45, 2.75) is 18.4 Å². The third-order valence-corrected chi connectivity index (χ3v) is 5.79. The number of ether oxygens (including phenoxy) is 2. The molecule has 2 aromatic carbocycles. The average molecular weight is 422 g/mol. The summed E-state index contributed by atoms with van der Waals surface area (Å²) < 4.78 is 39.8. The summed E-state index contributed by atoms with van der Waals surface area (Å²) in [7, 11) is 3.16. The average Bonchev–Trinajstić information content (AvgIpc) is 3.10. The van der Waals surface area contributed by atoms with Crippen molar-refractivity contribution < 1.29 is 18.3 Å². The first-order valence-electron chi connectivity index (χ1n) is 8.37. The van der Waals surface area contributed by atoms with Crippen LogP contribution in [0.1, 0.15) is 29.5 Å². The van der Waals surface area contributed by atoms with Gasteiger partial charge in [0.1, 0.15) is 11.6 Å². The second-order valence-corrected chi connectivity index (χ2v) is 7.42. The Kier molecular flexibility index (Phi) is 4.39. The molecule has 2 aromatic rings. The summed E-state index contributed by atoms with van der Waals surface area (Å²) in [5.41, 5.74) is 2.01. The Morgan fingerprint density at radius 3 is 2.65 bits per heavy atom. The Morgan fingerprint density at radius 1 is 1.12 bits per heavy atom. The summed E-state index contributed by atoms with van der Waals surface area (Å²) in [5, 5.41) is 3.30. The summed E-state index contributed by atoms with van der Waals surface area (Å²) in [4.78, 5) is 0. The quantitative estimate of drug-likeness (QED) is 0.656. The second kappa shape index (κ2) is 6.58. The van der Waals surface area contributed by atoms with Gasteiger partial charge in [0.25, 0.3) is 0 Å². The molecule has 1 aliphatic carbocycles. The van der Waals surface area contributed by atoms with Crippen LogP contribution in [0.5, 0.6) is 11.5 Å². The van der Waals surface area contributed by atoms with E-state index in [4.69, 9.17) is 9.47 Å². The maximum atomic E-state index is 14.4. The number of hydrogen-bond acceptors (Lipinski definition) is 3. The van der Waals surface area contributed by atoms with Crippen molar-refractivity contribution in [3.63, 3.8) is 0 Å². The van der Waals surface area contributed by atoms with Crippen molar-refractivity contribution >= 4 is 21.6 Å². The van der Waals surface area contributed by atoms with E-state index >= 15 is 0 Å². The van der Waals surface area contributed by atoms with Gasteiger partial charge in [-0.05, 0) is 57.6 Å². The number of halogens is 3. The lowest BCUT2D eigenvalue weighted by atomic mass is 9.77. The highest BCUT2D eigenvalue weighted by atomic mass is 79.9. The van der Waals surface area contributed by atoms with Crippen LogP contribution >= 0.6 is 15.9 Å². The van der Waals surface area contributed by atoms with E-state index in [1.807, 2.05) is 18.2 Å². The minimum Gasteiger partial charge on any atom is -0.493 e. The SMILES string of the molecule is COc1cc([C@@H]2Nc3c(F)cc(F)cc3C3C=CCC32)cc(Br)c1OC. The molecule has 0 amide bonds. The van der Waals surface area contributed by atoms with Gasteiger partial charge in [0, 0.05) is 12.0 Å². The van der Waals surface area contributed by atoms with Gasteiger partial charge in [-0.3, -0.25) is 0 Å². The molecule has 136 valence electrons. The number of rotatable bonds is 3. The normalized spacial score (nSPS) is 23.2. The second-order valence-electron chi connectivity index (χ2n) is 6.57. The topological polar surface area (TPSA) is 30.5 Å². The van der Waals surface area contributed by atoms with Gasteiger partial charge in [-0.25, -0.2) is 8.78 Å². The third-order valence-electron chi connectivity index (χ3n) is 5.20. The molecule has 0 saturated heterocycles. The minimum absolute atomic E-state index is 0.0201. The van der Waals surface area contributed by atoms with Crippen molar-refractivity contribution in [2.24, 2.45) is 5.92 Å². The first-order valence-corrected chi connectivity index (χ1v) is 9.16. The van der Waals surface area contributed by atoms with Crippen LogP contribution in [-0.4, -0.2) is 14.2 Å². The molecule has 3 atom stereocenters. The predicted molar refractivity (Wildman–Crippen MR) is 100.0 cm³/mol. The Bertz CT molecular complexity index is 900. The number of fused-ring (bicyclic) bond motifs is 3. The zero-order valence-electron chi connectivity index (χ0n) is 14.4. The van der Waals surface area contributed by atoms with Crippen molar-refractivity contribution in [1.29, 1.82) is 0 Å². The van der Waals surface area contributed by atoms with Crippen LogP contribution in [-0.2, 0) is 0 Å². The molecule has 0 bridgehead atoms. The number of methoxy groups -OCH3 is 2. The molecule has 1 aliphatic heterocycles. The fourth-order valence-corrected chi connectivity index (χ4v) is 4.69. The number of hydrogen-bond donors (Lipinski definition) is 1. The molecule has 2 unspecified atom stereocenters. The zero-order valence-corrected chi connectivity index (χ0v) is 15.9. The van der Waals surface area contributed by atoms with E-state index in [-0.39, 0.29) is 17.9 Å². The molecule has 2 aliphatic rings. The molecule has 0 aromatic heterocycles. The minimum atomic E-state index is -0.566. The van der Waals surface area contributed by atoms with E-state index in [2.05, 4.69) is 27.3 Å². The number of allylic oxidation sites excluding steroid dienone is 2. The highest BCUT2D eigenvalue weighted by Gasteiger charge is 2.39. The molecule has 26 heavy (non-hydrogen) atoms. The Labute approximate surface area is 159 Å². The van der Waals surface area contributed by atoms with Crippen molar-refractivity contribution in [3.05, 3.63) is 63.7 Å². The fraction of sp³-hybridized carbons (Fsp3) is 0.300. The molecule has 0 saturated carbocycles. The molecule has 0 spiro atoms. The van der Waals surface area contributed by atoms with Crippen LogP contribution in [0.4, 0.5) is 14.5 Å². The fourth-order valence-electron chi connectivity index (χ4n) is 4.07. The molecule has 3 nitrogen and oxygen atoms in total. The van der Waals surface area contributed by atoms with Crippen molar-refractivity contribution in [2.75, 3.05) is 19.5 Å². The number of benzene rings is 2. The highest BCUT2D eigenvalue weighted by molar-refractivity contribution is 9.10. The van der Waals surface area contributed by atoms with E-state index in [1.54, 1.807) is 14.2 Å². The molecule has 1 heterocycles. The summed E-state index contributed by atoms with van der Waals surface area (Å²) >= 11 is 3.52.